The molecule has 2 aromatic heterocycles. The summed E-state index contributed by atoms with van der Waals surface area (Å²) in [7, 11) is 0. The van der Waals surface area contributed by atoms with E-state index in [0.717, 1.165) is 22.2 Å². The third kappa shape index (κ3) is 5.19. The van der Waals surface area contributed by atoms with E-state index in [9.17, 15) is 4.79 Å². The summed E-state index contributed by atoms with van der Waals surface area (Å²) in [6, 6.07) is 3.68. The predicted octanol–water partition coefficient (Wildman–Crippen LogP) is 3.49. The van der Waals surface area contributed by atoms with Crippen LogP contribution in [0.5, 0.6) is 0 Å². The number of carbonyl (C=O) groups excluding carboxylic acids is 1. The highest BCUT2D eigenvalue weighted by Crippen LogP contribution is 2.25. The summed E-state index contributed by atoms with van der Waals surface area (Å²) in [5, 5.41) is 5.66. The van der Waals surface area contributed by atoms with Crippen LogP contribution < -0.4 is 10.6 Å². The summed E-state index contributed by atoms with van der Waals surface area (Å²) in [6.07, 6.45) is 9.13. The standard InChI is InChI=1S/C18H25BrN4O2/c1-13-4-2-3-5-16(13)25-9-8-20-18(24)21-10-15-12-23-11-14(19)6-7-17(23)22-15/h6-7,11-13,16H,2-5,8-10H2,1H3,(H2,20,21,24)/t13-,16-/m1/s1. The van der Waals surface area contributed by atoms with Crippen molar-refractivity contribution in [3.8, 4) is 0 Å². The lowest BCUT2D eigenvalue weighted by Crippen LogP contribution is -2.38. The molecule has 0 bridgehead atoms. The van der Waals surface area contributed by atoms with Crippen LogP contribution in [-0.4, -0.2) is 34.7 Å². The Hall–Kier alpha value is -1.60. The minimum absolute atomic E-state index is 0.196. The molecule has 136 valence electrons. The van der Waals surface area contributed by atoms with Crippen LogP contribution in [0.1, 0.15) is 38.3 Å². The molecule has 1 fully saturated rings. The molecule has 2 aromatic rings. The van der Waals surface area contributed by atoms with Gasteiger partial charge in [-0.3, -0.25) is 0 Å². The van der Waals surface area contributed by atoms with Gasteiger partial charge in [-0.1, -0.05) is 19.8 Å². The van der Waals surface area contributed by atoms with Crippen molar-refractivity contribution in [1.29, 1.82) is 0 Å². The number of imidazole rings is 1. The van der Waals surface area contributed by atoms with Gasteiger partial charge in [0.05, 0.1) is 24.9 Å². The molecule has 2 atom stereocenters. The largest absolute Gasteiger partial charge is 0.376 e. The second kappa shape index (κ2) is 8.67. The van der Waals surface area contributed by atoms with E-state index >= 15 is 0 Å². The molecular weight excluding hydrogens is 384 g/mol. The molecule has 2 amide bonds. The number of nitrogens with zero attached hydrogens (tertiary/aromatic N) is 2. The van der Waals surface area contributed by atoms with E-state index in [0.29, 0.717) is 31.7 Å². The maximum Gasteiger partial charge on any atom is 0.315 e. The van der Waals surface area contributed by atoms with Crippen molar-refractivity contribution in [1.82, 2.24) is 20.0 Å². The monoisotopic (exact) mass is 408 g/mol. The summed E-state index contributed by atoms with van der Waals surface area (Å²) >= 11 is 3.43. The molecule has 0 unspecified atom stereocenters. The fourth-order valence-corrected chi connectivity index (χ4v) is 3.59. The van der Waals surface area contributed by atoms with Crippen molar-refractivity contribution in [3.05, 3.63) is 34.7 Å². The van der Waals surface area contributed by atoms with E-state index in [1.807, 2.05) is 28.9 Å². The van der Waals surface area contributed by atoms with E-state index in [2.05, 4.69) is 38.5 Å². The summed E-state index contributed by atoms with van der Waals surface area (Å²) in [5.41, 5.74) is 1.68. The van der Waals surface area contributed by atoms with Gasteiger partial charge in [-0.05, 0) is 46.8 Å². The van der Waals surface area contributed by atoms with Crippen LogP contribution in [0.15, 0.2) is 29.0 Å². The van der Waals surface area contributed by atoms with Gasteiger partial charge in [0, 0.05) is 23.4 Å². The minimum Gasteiger partial charge on any atom is -0.376 e. The summed E-state index contributed by atoms with van der Waals surface area (Å²) in [5.74, 6) is 0.623. The van der Waals surface area contributed by atoms with Gasteiger partial charge in [0.1, 0.15) is 5.65 Å². The lowest BCUT2D eigenvalue weighted by molar-refractivity contribution is -0.00243. The molecule has 2 N–H and O–H groups in total. The molecular formula is C18H25BrN4O2. The Morgan fingerprint density at radius 1 is 1.32 bits per heavy atom. The van der Waals surface area contributed by atoms with Crippen molar-refractivity contribution >= 4 is 27.6 Å². The average molecular weight is 409 g/mol. The maximum absolute atomic E-state index is 11.9. The number of hydrogen-bond acceptors (Lipinski definition) is 3. The van der Waals surface area contributed by atoms with E-state index in [4.69, 9.17) is 4.74 Å². The lowest BCUT2D eigenvalue weighted by Gasteiger charge is -2.28. The van der Waals surface area contributed by atoms with Gasteiger partial charge in [-0.25, -0.2) is 9.78 Å². The van der Waals surface area contributed by atoms with Crippen LogP contribution in [0.2, 0.25) is 0 Å². The van der Waals surface area contributed by atoms with E-state index < -0.39 is 0 Å². The fraction of sp³-hybridized carbons (Fsp3) is 0.556. The highest BCUT2D eigenvalue weighted by molar-refractivity contribution is 9.10. The van der Waals surface area contributed by atoms with Crippen molar-refractivity contribution in [3.63, 3.8) is 0 Å². The highest BCUT2D eigenvalue weighted by atomic mass is 79.9. The van der Waals surface area contributed by atoms with E-state index in [-0.39, 0.29) is 6.03 Å². The van der Waals surface area contributed by atoms with Gasteiger partial charge in [-0.15, -0.1) is 0 Å². The Morgan fingerprint density at radius 3 is 3.00 bits per heavy atom. The fourth-order valence-electron chi connectivity index (χ4n) is 3.24. The summed E-state index contributed by atoms with van der Waals surface area (Å²) < 4.78 is 8.81. The van der Waals surface area contributed by atoms with Crippen molar-refractivity contribution in [2.75, 3.05) is 13.2 Å². The van der Waals surface area contributed by atoms with Crippen LogP contribution in [0.3, 0.4) is 0 Å². The molecule has 1 aliphatic rings. The zero-order valence-electron chi connectivity index (χ0n) is 14.5. The molecule has 6 nitrogen and oxygen atoms in total. The number of pyridine rings is 1. The van der Waals surface area contributed by atoms with E-state index in [1.165, 1.54) is 19.3 Å². The number of amides is 2. The molecule has 0 radical (unpaired) electrons. The van der Waals surface area contributed by atoms with Crippen LogP contribution in [0.4, 0.5) is 4.79 Å². The number of rotatable bonds is 6. The summed E-state index contributed by atoms with van der Waals surface area (Å²) in [6.45, 7) is 3.72. The number of aromatic nitrogens is 2. The molecule has 0 spiro atoms. The second-order valence-electron chi connectivity index (χ2n) is 6.63. The van der Waals surface area contributed by atoms with Gasteiger partial charge in [0.2, 0.25) is 0 Å². The highest BCUT2D eigenvalue weighted by Gasteiger charge is 2.21. The first-order chi connectivity index (χ1) is 12.1. The normalized spacial score (nSPS) is 20.6. The molecule has 1 aliphatic carbocycles. The quantitative estimate of drug-likeness (QED) is 0.718. The Balaban J connectivity index is 1.36. The molecule has 3 rings (SSSR count). The second-order valence-corrected chi connectivity index (χ2v) is 7.54. The van der Waals surface area contributed by atoms with Crippen molar-refractivity contribution in [2.45, 2.75) is 45.3 Å². The SMILES string of the molecule is C[C@@H]1CCCC[C@H]1OCCNC(=O)NCc1cn2cc(Br)ccc2n1. The molecule has 1 saturated carbocycles. The predicted molar refractivity (Wildman–Crippen MR) is 101 cm³/mol. The molecule has 7 heteroatoms. The van der Waals surface area contributed by atoms with E-state index in [1.54, 1.807) is 0 Å². The van der Waals surface area contributed by atoms with Crippen molar-refractivity contribution < 1.29 is 9.53 Å². The van der Waals surface area contributed by atoms with Gasteiger partial charge in [0.15, 0.2) is 0 Å². The zero-order chi connectivity index (χ0) is 17.6. The van der Waals surface area contributed by atoms with Crippen LogP contribution in [0.25, 0.3) is 5.65 Å². The molecule has 0 aromatic carbocycles. The first-order valence-electron chi connectivity index (χ1n) is 8.88. The topological polar surface area (TPSA) is 67.7 Å². The van der Waals surface area contributed by atoms with Gasteiger partial charge in [-0.2, -0.15) is 0 Å². The number of nitrogens with one attached hydrogen (secondary N) is 2. The first kappa shape index (κ1) is 18.2. The Kier molecular flexibility index (Phi) is 6.31. The minimum atomic E-state index is -0.196. The van der Waals surface area contributed by atoms with Crippen LogP contribution in [-0.2, 0) is 11.3 Å². The number of urea groups is 1. The summed E-state index contributed by atoms with van der Waals surface area (Å²) in [4.78, 5) is 16.3. The van der Waals surface area contributed by atoms with Crippen LogP contribution in [0, 0.1) is 5.92 Å². The zero-order valence-corrected chi connectivity index (χ0v) is 16.1. The van der Waals surface area contributed by atoms with Crippen molar-refractivity contribution in [2.24, 2.45) is 5.92 Å². The Bertz CT molecular complexity index is 718. The number of ether oxygens (including phenoxy) is 1. The lowest BCUT2D eigenvalue weighted by atomic mass is 9.88. The first-order valence-corrected chi connectivity index (χ1v) is 9.67. The average Bonchev–Trinajstić information content (AvgIpc) is 3.00. The Labute approximate surface area is 156 Å². The molecule has 2 heterocycles. The number of hydrogen-bond donors (Lipinski definition) is 2. The van der Waals surface area contributed by atoms with Gasteiger partial charge < -0.3 is 19.8 Å². The molecule has 0 aliphatic heterocycles. The smallest absolute Gasteiger partial charge is 0.315 e. The number of carbonyl (C=O) groups is 1. The third-order valence-electron chi connectivity index (χ3n) is 4.65. The Morgan fingerprint density at radius 2 is 2.16 bits per heavy atom. The van der Waals surface area contributed by atoms with Gasteiger partial charge in [0.25, 0.3) is 0 Å². The maximum atomic E-state index is 11.9. The molecule has 25 heavy (non-hydrogen) atoms. The van der Waals surface area contributed by atoms with Gasteiger partial charge >= 0.3 is 6.03 Å². The third-order valence-corrected chi connectivity index (χ3v) is 5.12. The van der Waals surface area contributed by atoms with Crippen LogP contribution >= 0.6 is 15.9 Å². The number of fused-ring (bicyclic) bond motifs is 1. The molecule has 0 saturated heterocycles. The number of halogens is 1.